The Labute approximate surface area is 160 Å². The molecule has 0 heterocycles. The van der Waals surface area contributed by atoms with Crippen LogP contribution < -0.4 is 0 Å². The summed E-state index contributed by atoms with van der Waals surface area (Å²) >= 11 is 0. The van der Waals surface area contributed by atoms with Gasteiger partial charge in [0, 0.05) is 6.42 Å². The normalized spacial score (nSPS) is 10.8. The van der Waals surface area contributed by atoms with Crippen LogP contribution in [0.1, 0.15) is 96.8 Å². The van der Waals surface area contributed by atoms with E-state index < -0.39 is 5.97 Å². The van der Waals surface area contributed by atoms with Gasteiger partial charge in [0.2, 0.25) is 0 Å². The van der Waals surface area contributed by atoms with Crippen molar-refractivity contribution in [3.8, 4) is 0 Å². The fourth-order valence-electron chi connectivity index (χ4n) is 2.68. The molecule has 0 N–H and O–H groups in total. The van der Waals surface area contributed by atoms with Crippen LogP contribution in [-0.2, 0) is 19.1 Å². The number of hydrogen-bond donors (Lipinski definition) is 0. The molecule has 0 fully saturated rings. The molecule has 4 nitrogen and oxygen atoms in total. The predicted octanol–water partition coefficient (Wildman–Crippen LogP) is 6.25. The van der Waals surface area contributed by atoms with E-state index in [1.165, 1.54) is 57.8 Å². The van der Waals surface area contributed by atoms with E-state index in [9.17, 15) is 9.59 Å². The fourth-order valence-corrected chi connectivity index (χ4v) is 2.68. The molecule has 0 aromatic rings. The lowest BCUT2D eigenvalue weighted by atomic mass is 10.1. The van der Waals surface area contributed by atoms with Crippen LogP contribution in [0, 0.1) is 0 Å². The Hall–Kier alpha value is -1.58. The Balaban J connectivity index is 3.27. The smallest absolute Gasteiger partial charge is 0.349 e. The molecule has 0 radical (unpaired) electrons. The molecule has 0 aromatic heterocycles. The molecule has 0 aliphatic heterocycles. The Morgan fingerprint density at radius 1 is 0.769 bits per heavy atom. The van der Waals surface area contributed by atoms with E-state index in [0.717, 1.165) is 31.9 Å². The highest BCUT2D eigenvalue weighted by atomic mass is 16.6. The minimum atomic E-state index is -0.599. The Morgan fingerprint density at radius 2 is 1.31 bits per heavy atom. The van der Waals surface area contributed by atoms with E-state index in [1.807, 2.05) is 0 Å². The molecule has 0 saturated heterocycles. The van der Waals surface area contributed by atoms with E-state index in [4.69, 9.17) is 4.74 Å². The van der Waals surface area contributed by atoms with Crippen molar-refractivity contribution < 1.29 is 19.1 Å². The molecule has 0 spiro atoms. The highest BCUT2D eigenvalue weighted by molar-refractivity contribution is 5.76. The van der Waals surface area contributed by atoms with Gasteiger partial charge in [0.25, 0.3) is 0 Å². The van der Waals surface area contributed by atoms with Crippen molar-refractivity contribution >= 4 is 11.9 Å². The average Bonchev–Trinajstić information content (AvgIpc) is 2.63. The van der Waals surface area contributed by atoms with E-state index in [1.54, 1.807) is 0 Å². The van der Waals surface area contributed by atoms with Crippen molar-refractivity contribution in [2.45, 2.75) is 96.8 Å². The number of carbonyl (C=O) groups excluding carboxylic acids is 2. The molecule has 0 rings (SSSR count). The van der Waals surface area contributed by atoms with Crippen molar-refractivity contribution in [3.05, 3.63) is 25.0 Å². The van der Waals surface area contributed by atoms with Gasteiger partial charge in [-0.25, -0.2) is 4.79 Å². The monoisotopic (exact) mass is 366 g/mol. The molecule has 0 atom stereocenters. The molecular weight excluding hydrogens is 328 g/mol. The zero-order chi connectivity index (χ0) is 19.3. The van der Waals surface area contributed by atoms with E-state index >= 15 is 0 Å². The van der Waals surface area contributed by atoms with Gasteiger partial charge < -0.3 is 9.47 Å². The molecule has 4 heteroatoms. The molecule has 0 amide bonds. The summed E-state index contributed by atoms with van der Waals surface area (Å²) in [6.07, 6.45) is 21.9. The lowest BCUT2D eigenvalue weighted by molar-refractivity contribution is -0.155. The first-order valence-corrected chi connectivity index (χ1v) is 10.3. The Kier molecular flexibility index (Phi) is 18.5. The molecule has 0 unspecified atom stereocenters. The second-order valence-electron chi connectivity index (χ2n) is 6.65. The number of rotatable bonds is 18. The molecule has 0 bridgehead atoms. The minimum Gasteiger partial charge on any atom is -0.454 e. The SMILES string of the molecule is C=COC(=O)COC(=O)CCCCCCC/C=C\CCCCCCCC. The second kappa shape index (κ2) is 19.7. The van der Waals surface area contributed by atoms with Crippen LogP contribution in [0.3, 0.4) is 0 Å². The highest BCUT2D eigenvalue weighted by Gasteiger charge is 2.07. The maximum atomic E-state index is 11.4. The van der Waals surface area contributed by atoms with Gasteiger partial charge in [0.15, 0.2) is 6.61 Å². The number of hydrogen-bond acceptors (Lipinski definition) is 4. The lowest BCUT2D eigenvalue weighted by Gasteiger charge is -2.03. The minimum absolute atomic E-state index is 0.337. The summed E-state index contributed by atoms with van der Waals surface area (Å²) in [7, 11) is 0. The third kappa shape index (κ3) is 18.8. The van der Waals surface area contributed by atoms with Crippen LogP contribution in [0.5, 0.6) is 0 Å². The molecule has 150 valence electrons. The summed E-state index contributed by atoms with van der Waals surface area (Å²) in [6, 6.07) is 0. The third-order valence-electron chi connectivity index (χ3n) is 4.21. The van der Waals surface area contributed by atoms with Gasteiger partial charge >= 0.3 is 11.9 Å². The topological polar surface area (TPSA) is 52.6 Å². The molecular formula is C22H38O4. The average molecular weight is 367 g/mol. The standard InChI is InChI=1S/C22H38O4/c1-3-5-6-7-8-9-10-11-12-13-14-15-16-17-18-19-21(23)26-20-22(24)25-4-2/h4,11-12H,2-3,5-10,13-20H2,1H3/b12-11-. The van der Waals surface area contributed by atoms with Gasteiger partial charge in [0.1, 0.15) is 0 Å². The summed E-state index contributed by atoms with van der Waals surface area (Å²) < 4.78 is 9.27. The van der Waals surface area contributed by atoms with Crippen molar-refractivity contribution in [2.24, 2.45) is 0 Å². The summed E-state index contributed by atoms with van der Waals surface area (Å²) in [5.74, 6) is -0.943. The van der Waals surface area contributed by atoms with Crippen LogP contribution in [0.25, 0.3) is 0 Å². The summed E-state index contributed by atoms with van der Waals surface area (Å²) in [5, 5.41) is 0. The molecule has 0 aliphatic rings. The van der Waals surface area contributed by atoms with Crippen LogP contribution >= 0.6 is 0 Å². The zero-order valence-corrected chi connectivity index (χ0v) is 16.7. The lowest BCUT2D eigenvalue weighted by Crippen LogP contribution is -2.14. The number of unbranched alkanes of at least 4 members (excludes halogenated alkanes) is 11. The van der Waals surface area contributed by atoms with Gasteiger partial charge in [-0.1, -0.05) is 77.0 Å². The van der Waals surface area contributed by atoms with Gasteiger partial charge in [-0.2, -0.15) is 0 Å². The maximum Gasteiger partial charge on any atom is 0.349 e. The first-order chi connectivity index (χ1) is 12.7. The first-order valence-electron chi connectivity index (χ1n) is 10.3. The predicted molar refractivity (Wildman–Crippen MR) is 107 cm³/mol. The fraction of sp³-hybridized carbons (Fsp3) is 0.727. The summed E-state index contributed by atoms with van der Waals surface area (Å²) in [4.78, 5) is 22.4. The molecule has 0 aromatic carbocycles. The van der Waals surface area contributed by atoms with Crippen molar-refractivity contribution in [1.29, 1.82) is 0 Å². The largest absolute Gasteiger partial charge is 0.454 e. The molecule has 0 aliphatic carbocycles. The Bertz CT molecular complexity index is 388. The van der Waals surface area contributed by atoms with Crippen LogP contribution in [-0.4, -0.2) is 18.5 Å². The number of esters is 2. The van der Waals surface area contributed by atoms with Crippen LogP contribution in [0.15, 0.2) is 25.0 Å². The van der Waals surface area contributed by atoms with E-state index in [-0.39, 0.29) is 12.6 Å². The molecule has 0 saturated carbocycles. The van der Waals surface area contributed by atoms with E-state index in [2.05, 4.69) is 30.4 Å². The highest BCUT2D eigenvalue weighted by Crippen LogP contribution is 2.10. The van der Waals surface area contributed by atoms with Gasteiger partial charge in [-0.15, -0.1) is 0 Å². The second-order valence-corrected chi connectivity index (χ2v) is 6.65. The molecule has 26 heavy (non-hydrogen) atoms. The number of allylic oxidation sites excluding steroid dienone is 2. The van der Waals surface area contributed by atoms with Gasteiger partial charge in [-0.3, -0.25) is 4.79 Å². The number of carbonyl (C=O) groups is 2. The maximum absolute atomic E-state index is 11.4. The Morgan fingerprint density at radius 3 is 1.88 bits per heavy atom. The third-order valence-corrected chi connectivity index (χ3v) is 4.21. The van der Waals surface area contributed by atoms with E-state index in [0.29, 0.717) is 6.42 Å². The van der Waals surface area contributed by atoms with Crippen molar-refractivity contribution in [2.75, 3.05) is 6.61 Å². The van der Waals surface area contributed by atoms with Gasteiger partial charge in [-0.05, 0) is 32.1 Å². The van der Waals surface area contributed by atoms with Gasteiger partial charge in [0.05, 0.1) is 6.26 Å². The van der Waals surface area contributed by atoms with Crippen molar-refractivity contribution in [1.82, 2.24) is 0 Å². The van der Waals surface area contributed by atoms with Crippen LogP contribution in [0.4, 0.5) is 0 Å². The quantitative estimate of drug-likeness (QED) is 0.124. The first kappa shape index (κ1) is 24.4. The van der Waals surface area contributed by atoms with Crippen molar-refractivity contribution in [3.63, 3.8) is 0 Å². The number of ether oxygens (including phenoxy) is 2. The van der Waals surface area contributed by atoms with Crippen LogP contribution in [0.2, 0.25) is 0 Å². The summed E-state index contributed by atoms with van der Waals surface area (Å²) in [5.41, 5.74) is 0. The summed E-state index contributed by atoms with van der Waals surface area (Å²) in [6.45, 7) is 5.18. The zero-order valence-electron chi connectivity index (χ0n) is 16.7.